The van der Waals surface area contributed by atoms with Crippen LogP contribution in [0.25, 0.3) is 0 Å². The second kappa shape index (κ2) is 6.56. The quantitative estimate of drug-likeness (QED) is 0.665. The van der Waals surface area contributed by atoms with Crippen LogP contribution in [0.3, 0.4) is 0 Å². The van der Waals surface area contributed by atoms with Gasteiger partial charge in [-0.3, -0.25) is 4.57 Å². The van der Waals surface area contributed by atoms with Crippen LogP contribution in [0.2, 0.25) is 0 Å². The fourth-order valence-corrected chi connectivity index (χ4v) is 4.16. The van der Waals surface area contributed by atoms with Crippen LogP contribution in [-0.2, 0) is 9.09 Å². The van der Waals surface area contributed by atoms with Crippen LogP contribution in [0.15, 0.2) is 59.8 Å². The van der Waals surface area contributed by atoms with Crippen molar-refractivity contribution in [2.75, 3.05) is 13.3 Å². The molecule has 2 unspecified atom stereocenters. The molecule has 3 heteroatoms. The molecule has 0 spiro atoms. The summed E-state index contributed by atoms with van der Waals surface area (Å²) in [5.74, 6) is 0. The lowest BCUT2D eigenvalue weighted by atomic mass is 9.90. The Balaban J connectivity index is 2.05. The molecule has 0 saturated heterocycles. The molecule has 0 radical (unpaired) electrons. The van der Waals surface area contributed by atoms with E-state index in [-0.39, 0.29) is 5.66 Å². The van der Waals surface area contributed by atoms with Gasteiger partial charge in [0.1, 0.15) is 0 Å². The van der Waals surface area contributed by atoms with Crippen molar-refractivity contribution in [1.29, 1.82) is 0 Å². The highest BCUT2D eigenvalue weighted by molar-refractivity contribution is 7.59. The third kappa shape index (κ3) is 3.50. The minimum absolute atomic E-state index is 0.000712. The fourth-order valence-electron chi connectivity index (χ4n) is 2.57. The molecule has 2 rings (SSSR count). The van der Waals surface area contributed by atoms with Gasteiger partial charge in [0.25, 0.3) is 0 Å². The minimum Gasteiger partial charge on any atom is -0.329 e. The lowest BCUT2D eigenvalue weighted by Crippen LogP contribution is -2.10. The first-order valence-corrected chi connectivity index (χ1v) is 9.34. The van der Waals surface area contributed by atoms with Gasteiger partial charge < -0.3 is 4.52 Å². The topological polar surface area (TPSA) is 26.3 Å². The van der Waals surface area contributed by atoms with E-state index in [1.54, 1.807) is 6.66 Å². The lowest BCUT2D eigenvalue weighted by Gasteiger charge is -2.24. The SMILES string of the molecule is C=C(C1=CCC(P(C)(=O)OCC)C=C1)C1=CC=CCC1. The fraction of sp³-hybridized carbons (Fsp3) is 0.412. The Kier molecular flexibility index (Phi) is 5.01. The normalized spacial score (nSPS) is 24.8. The van der Waals surface area contributed by atoms with Crippen LogP contribution in [0.1, 0.15) is 26.2 Å². The highest BCUT2D eigenvalue weighted by atomic mass is 31.2. The van der Waals surface area contributed by atoms with Gasteiger partial charge in [-0.1, -0.05) is 43.0 Å². The zero-order valence-corrected chi connectivity index (χ0v) is 13.2. The molecule has 2 aliphatic carbocycles. The van der Waals surface area contributed by atoms with Crippen LogP contribution in [0.5, 0.6) is 0 Å². The van der Waals surface area contributed by atoms with Gasteiger partial charge in [-0.2, -0.15) is 0 Å². The molecule has 108 valence electrons. The molecule has 2 nitrogen and oxygen atoms in total. The molecule has 0 amide bonds. The summed E-state index contributed by atoms with van der Waals surface area (Å²) >= 11 is 0. The third-order valence-electron chi connectivity index (χ3n) is 3.81. The zero-order valence-electron chi connectivity index (χ0n) is 12.3. The number of allylic oxidation sites excluding steroid dienone is 9. The highest BCUT2D eigenvalue weighted by Gasteiger charge is 2.27. The van der Waals surface area contributed by atoms with E-state index in [1.807, 2.05) is 19.1 Å². The molecule has 0 aliphatic heterocycles. The van der Waals surface area contributed by atoms with Gasteiger partial charge in [0.05, 0.1) is 12.3 Å². The standard InChI is InChI=1S/C17H23O2P/c1-4-19-20(3,18)17-12-10-16(11-13-17)14(2)15-8-6-5-7-9-15/h5-6,8,10-12,17H,2,4,7,9,13H2,1,3H3. The van der Waals surface area contributed by atoms with Gasteiger partial charge in [0, 0.05) is 6.66 Å². The van der Waals surface area contributed by atoms with Crippen LogP contribution < -0.4 is 0 Å². The van der Waals surface area contributed by atoms with Crippen LogP contribution in [-0.4, -0.2) is 18.9 Å². The molecule has 2 atom stereocenters. The summed E-state index contributed by atoms with van der Waals surface area (Å²) in [5, 5.41) is 0. The lowest BCUT2D eigenvalue weighted by molar-refractivity contribution is 0.333. The Labute approximate surface area is 122 Å². The van der Waals surface area contributed by atoms with E-state index in [4.69, 9.17) is 4.52 Å². The van der Waals surface area contributed by atoms with Crippen molar-refractivity contribution in [1.82, 2.24) is 0 Å². The van der Waals surface area contributed by atoms with E-state index in [1.165, 1.54) is 5.57 Å². The van der Waals surface area contributed by atoms with E-state index in [9.17, 15) is 4.57 Å². The van der Waals surface area contributed by atoms with Crippen molar-refractivity contribution in [3.8, 4) is 0 Å². The Bertz CT molecular complexity index is 549. The maximum Gasteiger partial charge on any atom is 0.207 e. The first-order valence-electron chi connectivity index (χ1n) is 7.20. The summed E-state index contributed by atoms with van der Waals surface area (Å²) in [7, 11) is -2.54. The van der Waals surface area contributed by atoms with Crippen molar-refractivity contribution in [3.63, 3.8) is 0 Å². The molecule has 20 heavy (non-hydrogen) atoms. The van der Waals surface area contributed by atoms with E-state index in [0.29, 0.717) is 6.61 Å². The van der Waals surface area contributed by atoms with Gasteiger partial charge in [0.15, 0.2) is 0 Å². The minimum atomic E-state index is -2.54. The van der Waals surface area contributed by atoms with Gasteiger partial charge in [-0.05, 0) is 42.9 Å². The summed E-state index contributed by atoms with van der Waals surface area (Å²) in [6, 6.07) is 0. The average molecular weight is 290 g/mol. The molecule has 0 N–H and O–H groups in total. The van der Waals surface area contributed by atoms with Crippen molar-refractivity contribution < 1.29 is 9.09 Å². The van der Waals surface area contributed by atoms with Crippen LogP contribution >= 0.6 is 7.37 Å². The summed E-state index contributed by atoms with van der Waals surface area (Å²) in [5.41, 5.74) is 3.54. The Hall–Kier alpha value is -1.11. The van der Waals surface area contributed by atoms with E-state index >= 15 is 0 Å². The summed E-state index contributed by atoms with van der Waals surface area (Å²) in [6.07, 6.45) is 15.5. The largest absolute Gasteiger partial charge is 0.329 e. The number of hydrogen-bond donors (Lipinski definition) is 0. The van der Waals surface area contributed by atoms with Crippen molar-refractivity contribution in [3.05, 3.63) is 59.8 Å². The van der Waals surface area contributed by atoms with Crippen LogP contribution in [0.4, 0.5) is 0 Å². The second-order valence-electron chi connectivity index (χ2n) is 5.29. The number of rotatable bonds is 5. The third-order valence-corrected chi connectivity index (χ3v) is 6.17. The van der Waals surface area contributed by atoms with Crippen molar-refractivity contribution >= 4 is 7.37 Å². The van der Waals surface area contributed by atoms with Gasteiger partial charge in [-0.15, -0.1) is 0 Å². The first kappa shape index (κ1) is 15.3. The molecular weight excluding hydrogens is 267 g/mol. The first-order chi connectivity index (χ1) is 9.54. The Morgan fingerprint density at radius 2 is 2.35 bits per heavy atom. The molecule has 0 heterocycles. The highest BCUT2D eigenvalue weighted by Crippen LogP contribution is 2.51. The summed E-state index contributed by atoms with van der Waals surface area (Å²) in [4.78, 5) is 0. The molecule has 0 aromatic heterocycles. The van der Waals surface area contributed by atoms with E-state index in [2.05, 4.69) is 30.9 Å². The molecule has 2 aliphatic rings. The molecule has 0 fully saturated rings. The molecular formula is C17H23O2P. The smallest absolute Gasteiger partial charge is 0.207 e. The maximum atomic E-state index is 12.4. The van der Waals surface area contributed by atoms with Gasteiger partial charge in [-0.25, -0.2) is 0 Å². The van der Waals surface area contributed by atoms with Crippen LogP contribution in [0, 0.1) is 0 Å². The predicted molar refractivity (Wildman–Crippen MR) is 86.4 cm³/mol. The Morgan fingerprint density at radius 1 is 1.55 bits per heavy atom. The second-order valence-corrected chi connectivity index (χ2v) is 8.02. The van der Waals surface area contributed by atoms with Gasteiger partial charge in [0.2, 0.25) is 7.37 Å². The van der Waals surface area contributed by atoms with E-state index in [0.717, 1.165) is 30.4 Å². The molecule has 0 aromatic carbocycles. The molecule has 0 bridgehead atoms. The molecule has 0 saturated carbocycles. The predicted octanol–water partition coefficient (Wildman–Crippen LogP) is 5.02. The average Bonchev–Trinajstić information content (AvgIpc) is 2.47. The summed E-state index contributed by atoms with van der Waals surface area (Å²) in [6.45, 7) is 8.32. The number of hydrogen-bond acceptors (Lipinski definition) is 2. The van der Waals surface area contributed by atoms with Gasteiger partial charge >= 0.3 is 0 Å². The monoisotopic (exact) mass is 290 g/mol. The molecule has 0 aromatic rings. The zero-order chi connectivity index (χ0) is 14.6. The summed E-state index contributed by atoms with van der Waals surface area (Å²) < 4.78 is 17.8. The van der Waals surface area contributed by atoms with Crippen molar-refractivity contribution in [2.24, 2.45) is 0 Å². The van der Waals surface area contributed by atoms with Crippen molar-refractivity contribution in [2.45, 2.75) is 31.8 Å². The maximum absolute atomic E-state index is 12.4. The Morgan fingerprint density at radius 3 is 2.90 bits per heavy atom. The van der Waals surface area contributed by atoms with E-state index < -0.39 is 7.37 Å².